The number of ether oxygens (including phenoxy) is 1. The molecule has 0 radical (unpaired) electrons. The number of para-hydroxylation sites is 1. The quantitative estimate of drug-likeness (QED) is 0.117. The van der Waals surface area contributed by atoms with Crippen molar-refractivity contribution in [2.75, 3.05) is 0 Å². The molecule has 0 amide bonds. The fraction of sp³-hybridized carbons (Fsp3) is 0.0600. The van der Waals surface area contributed by atoms with E-state index in [2.05, 4.69) is 102 Å². The van der Waals surface area contributed by atoms with Crippen LogP contribution in [0.15, 0.2) is 156 Å². The number of furan rings is 1. The Morgan fingerprint density at radius 3 is 2.22 bits per heavy atom. The average Bonchev–Trinajstić information content (AvgIpc) is 3.79. The Bertz CT molecular complexity index is 3200. The molecule has 6 nitrogen and oxygen atoms in total. The van der Waals surface area contributed by atoms with Crippen LogP contribution < -0.4 is 9.92 Å². The molecule has 0 bridgehead atoms. The third kappa shape index (κ3) is 6.41. The number of nitrogens with zero attached hydrogens (tertiary/aromatic N) is 4. The van der Waals surface area contributed by atoms with Crippen LogP contribution in [0.25, 0.3) is 83.1 Å². The van der Waals surface area contributed by atoms with Crippen molar-refractivity contribution in [2.45, 2.75) is 19.6 Å². The van der Waals surface area contributed by atoms with Crippen LogP contribution in [-0.2, 0) is 21.1 Å². The van der Waals surface area contributed by atoms with Gasteiger partial charge in [0.05, 0.1) is 30.8 Å². The summed E-state index contributed by atoms with van der Waals surface area (Å²) in [5.41, 5.74) is 9.50. The number of aromatic nitrogens is 3. The maximum absolute atomic E-state index is 10.3. The van der Waals surface area contributed by atoms with Crippen molar-refractivity contribution >= 4 is 57.0 Å². The first kappa shape index (κ1) is 37.0. The number of hydrogen-bond acceptors (Lipinski definition) is 5. The van der Waals surface area contributed by atoms with E-state index < -0.39 is 8.07 Å². The van der Waals surface area contributed by atoms with E-state index in [1.165, 1.54) is 5.19 Å². The van der Waals surface area contributed by atoms with Crippen LogP contribution in [0.4, 0.5) is 0 Å². The minimum atomic E-state index is -1.50. The molecule has 10 aromatic rings. The van der Waals surface area contributed by atoms with E-state index in [1.807, 2.05) is 91.1 Å². The monoisotopic (exact) mass is 945 g/mol. The number of hydrogen-bond donors (Lipinski definition) is 0. The zero-order valence-corrected chi connectivity index (χ0v) is 35.1. The molecule has 0 aliphatic heterocycles. The Labute approximate surface area is 351 Å². The van der Waals surface area contributed by atoms with Crippen molar-refractivity contribution in [3.63, 3.8) is 0 Å². The van der Waals surface area contributed by atoms with E-state index in [1.54, 1.807) is 6.20 Å². The summed E-state index contributed by atoms with van der Waals surface area (Å²) in [6.45, 7) is 7.10. The molecule has 10 rings (SSSR count). The summed E-state index contributed by atoms with van der Waals surface area (Å²) in [5.74, 6) is 0.999. The Morgan fingerprint density at radius 1 is 0.655 bits per heavy atom. The van der Waals surface area contributed by atoms with Crippen molar-refractivity contribution < 1.29 is 30.2 Å². The maximum atomic E-state index is 10.3. The van der Waals surface area contributed by atoms with Crippen LogP contribution in [-0.4, -0.2) is 22.6 Å². The summed E-state index contributed by atoms with van der Waals surface area (Å²) < 4.78 is 15.8. The van der Waals surface area contributed by atoms with Gasteiger partial charge in [-0.2, -0.15) is 5.26 Å². The van der Waals surface area contributed by atoms with Gasteiger partial charge in [0.2, 0.25) is 0 Å². The second-order valence-corrected chi connectivity index (χ2v) is 20.3. The minimum absolute atomic E-state index is 0. The van der Waals surface area contributed by atoms with Gasteiger partial charge < -0.3 is 23.7 Å². The van der Waals surface area contributed by atoms with Crippen LogP contribution in [0.2, 0.25) is 19.6 Å². The first-order valence-electron chi connectivity index (χ1n) is 18.9. The van der Waals surface area contributed by atoms with Gasteiger partial charge in [0, 0.05) is 56.8 Å². The molecule has 0 N–H and O–H groups in total. The number of fused-ring (bicyclic) bond motifs is 6. The Morgan fingerprint density at radius 2 is 1.45 bits per heavy atom. The summed E-state index contributed by atoms with van der Waals surface area (Å²) in [5, 5.41) is 15.5. The number of pyridine rings is 2. The van der Waals surface area contributed by atoms with Crippen LogP contribution in [0.5, 0.6) is 11.5 Å². The number of rotatable bonds is 7. The van der Waals surface area contributed by atoms with Crippen molar-refractivity contribution in [3.8, 4) is 56.9 Å². The predicted octanol–water partition coefficient (Wildman–Crippen LogP) is 12.3. The number of nitriles is 1. The summed E-state index contributed by atoms with van der Waals surface area (Å²) >= 11 is 0. The standard InChI is InChI=1S/C50H34N4O2Si.Pt/c1-57(2,3)38-22-20-35(21-23-38)54-46-18-8-7-16-39(46)43-31-53-45(29-47(43)54)42-28-37(55-36-15-11-14-33(26-36)44-17-9-10-25-52-44)27-41-40-24-19-34(30-51)48(50(40)56-49(41)42)32-12-5-4-6-13-32;/h4-25,27,29,31H,1-3H3;/q-2;+2. The van der Waals surface area contributed by atoms with Gasteiger partial charge in [0.15, 0.2) is 0 Å². The molecule has 58 heavy (non-hydrogen) atoms. The van der Waals surface area contributed by atoms with Gasteiger partial charge in [-0.05, 0) is 47.3 Å². The Balaban J connectivity index is 0.00000436. The molecule has 0 spiro atoms. The van der Waals surface area contributed by atoms with Gasteiger partial charge in [-0.15, -0.1) is 23.8 Å². The molecule has 0 atom stereocenters. The molecule has 0 aliphatic rings. The SMILES string of the molecule is C[Si](C)(C)c1ccc(-n2c3ccccc3c3cnc(-c4[c-]c(Oc5[c-]c(-c6ccccn6)ccc5)cc5c4oc4c(-c6ccccc6)c(C#N)ccc45)cc32)cc1.[Pt+2]. The largest absolute Gasteiger partial charge is 2.00 e. The molecular weight excluding hydrogens is 912 g/mol. The number of benzene rings is 6. The molecule has 0 fully saturated rings. The van der Waals surface area contributed by atoms with Gasteiger partial charge in [-0.1, -0.05) is 139 Å². The van der Waals surface area contributed by atoms with E-state index in [9.17, 15) is 5.26 Å². The first-order valence-corrected chi connectivity index (χ1v) is 22.4. The predicted molar refractivity (Wildman–Crippen MR) is 232 cm³/mol. The Kier molecular flexibility index (Phi) is 9.40. The summed E-state index contributed by atoms with van der Waals surface area (Å²) in [7, 11) is -1.50. The van der Waals surface area contributed by atoms with E-state index in [0.29, 0.717) is 39.5 Å². The van der Waals surface area contributed by atoms with E-state index in [4.69, 9.17) is 14.1 Å². The van der Waals surface area contributed by atoms with E-state index >= 15 is 0 Å². The van der Waals surface area contributed by atoms with Crippen molar-refractivity contribution in [3.05, 3.63) is 170 Å². The van der Waals surface area contributed by atoms with Crippen molar-refractivity contribution in [1.29, 1.82) is 5.26 Å². The van der Waals surface area contributed by atoms with Gasteiger partial charge >= 0.3 is 21.1 Å². The Hall–Kier alpha value is -6.58. The molecule has 4 aromatic heterocycles. The van der Waals surface area contributed by atoms with Crippen LogP contribution in [0, 0.1) is 23.5 Å². The third-order valence-electron chi connectivity index (χ3n) is 10.6. The minimum Gasteiger partial charge on any atom is -0.500 e. The molecule has 6 aromatic carbocycles. The summed E-state index contributed by atoms with van der Waals surface area (Å²) in [6, 6.07) is 56.1. The fourth-order valence-electron chi connectivity index (χ4n) is 7.76. The van der Waals surface area contributed by atoms with Crippen LogP contribution >= 0.6 is 0 Å². The first-order chi connectivity index (χ1) is 27.8. The molecule has 4 heterocycles. The van der Waals surface area contributed by atoms with Gasteiger partial charge in [0.25, 0.3) is 0 Å². The van der Waals surface area contributed by atoms with Crippen molar-refractivity contribution in [2.24, 2.45) is 0 Å². The summed E-state index contributed by atoms with van der Waals surface area (Å²) in [6.07, 6.45) is 3.71. The van der Waals surface area contributed by atoms with Crippen molar-refractivity contribution in [1.82, 2.24) is 14.5 Å². The topological polar surface area (TPSA) is 76.9 Å². The van der Waals surface area contributed by atoms with Crippen LogP contribution in [0.1, 0.15) is 5.56 Å². The van der Waals surface area contributed by atoms with E-state index in [0.717, 1.165) is 60.6 Å². The zero-order chi connectivity index (χ0) is 38.7. The molecule has 0 aliphatic carbocycles. The molecule has 0 saturated carbocycles. The molecule has 0 unspecified atom stereocenters. The molecule has 8 heteroatoms. The third-order valence-corrected chi connectivity index (χ3v) is 12.6. The van der Waals surface area contributed by atoms with E-state index in [-0.39, 0.29) is 21.1 Å². The molecule has 280 valence electrons. The second-order valence-electron chi connectivity index (χ2n) is 15.2. The smallest absolute Gasteiger partial charge is 0.500 e. The average molecular weight is 946 g/mol. The fourth-order valence-corrected chi connectivity index (χ4v) is 8.93. The molecule has 0 saturated heterocycles. The van der Waals surface area contributed by atoms with Gasteiger partial charge in [-0.3, -0.25) is 0 Å². The maximum Gasteiger partial charge on any atom is 2.00 e. The molecular formula is C50H34N4O2PtSi. The van der Waals surface area contributed by atoms with Gasteiger partial charge in [0.1, 0.15) is 5.58 Å². The summed E-state index contributed by atoms with van der Waals surface area (Å²) in [4.78, 5) is 9.61. The normalized spacial score (nSPS) is 11.6. The second kappa shape index (κ2) is 14.7. The zero-order valence-electron chi connectivity index (χ0n) is 31.9. The van der Waals surface area contributed by atoms with Crippen LogP contribution in [0.3, 0.4) is 0 Å². The van der Waals surface area contributed by atoms with Gasteiger partial charge in [-0.25, -0.2) is 0 Å².